The molecule has 0 aliphatic carbocycles. The van der Waals surface area contributed by atoms with Crippen LogP contribution in [-0.4, -0.2) is 61.1 Å². The SMILES string of the molecule is CC1(C)S[C@H]2C(NC(=O)Cc3ccsc3C(=O)O)C(=O)N2C1C(=O)O. The van der Waals surface area contributed by atoms with Crippen molar-refractivity contribution in [1.29, 1.82) is 0 Å². The molecule has 10 heteroatoms. The Morgan fingerprint density at radius 3 is 2.60 bits per heavy atom. The number of fused-ring (bicyclic) bond motifs is 1. The number of aromatic carboxylic acids is 1. The van der Waals surface area contributed by atoms with E-state index in [9.17, 15) is 24.3 Å². The monoisotopic (exact) mass is 384 g/mol. The van der Waals surface area contributed by atoms with Crippen LogP contribution in [0.1, 0.15) is 29.1 Å². The molecule has 2 aliphatic rings. The molecule has 134 valence electrons. The van der Waals surface area contributed by atoms with Crippen LogP contribution in [0.25, 0.3) is 0 Å². The van der Waals surface area contributed by atoms with Crippen molar-refractivity contribution in [2.45, 2.75) is 42.5 Å². The number of nitrogens with zero attached hydrogens (tertiary/aromatic N) is 1. The van der Waals surface area contributed by atoms with E-state index in [-0.39, 0.29) is 11.3 Å². The number of hydrogen-bond acceptors (Lipinski definition) is 6. The average molecular weight is 384 g/mol. The van der Waals surface area contributed by atoms with Crippen molar-refractivity contribution in [2.24, 2.45) is 0 Å². The molecule has 2 saturated heterocycles. The molecule has 0 bridgehead atoms. The largest absolute Gasteiger partial charge is 0.480 e. The maximum absolute atomic E-state index is 12.3. The van der Waals surface area contributed by atoms with E-state index >= 15 is 0 Å². The topological polar surface area (TPSA) is 124 Å². The predicted octanol–water partition coefficient (Wildman–Crippen LogP) is 0.620. The summed E-state index contributed by atoms with van der Waals surface area (Å²) in [6.45, 7) is 3.51. The lowest BCUT2D eigenvalue weighted by Gasteiger charge is -2.43. The van der Waals surface area contributed by atoms with Gasteiger partial charge in [-0.3, -0.25) is 9.59 Å². The summed E-state index contributed by atoms with van der Waals surface area (Å²) >= 11 is 2.37. The molecular weight excluding hydrogens is 368 g/mol. The Morgan fingerprint density at radius 1 is 1.32 bits per heavy atom. The lowest BCUT2D eigenvalue weighted by Crippen LogP contribution is -2.70. The third-order valence-corrected chi connectivity index (χ3v) is 6.80. The zero-order valence-corrected chi connectivity index (χ0v) is 15.0. The normalized spacial score (nSPS) is 26.7. The lowest BCUT2D eigenvalue weighted by molar-refractivity contribution is -0.161. The van der Waals surface area contributed by atoms with Gasteiger partial charge in [-0.1, -0.05) is 0 Å². The molecular formula is C15H16N2O6S2. The molecule has 3 N–H and O–H groups in total. The van der Waals surface area contributed by atoms with Crippen LogP contribution in [0.3, 0.4) is 0 Å². The van der Waals surface area contributed by atoms with E-state index in [0.29, 0.717) is 5.56 Å². The first-order chi connectivity index (χ1) is 11.6. The minimum absolute atomic E-state index is 0.0963. The van der Waals surface area contributed by atoms with Crippen LogP contribution in [0.5, 0.6) is 0 Å². The third kappa shape index (κ3) is 2.89. The van der Waals surface area contributed by atoms with Crippen LogP contribution in [0, 0.1) is 0 Å². The van der Waals surface area contributed by atoms with Crippen molar-refractivity contribution >= 4 is 46.9 Å². The van der Waals surface area contributed by atoms with Gasteiger partial charge in [0.1, 0.15) is 22.3 Å². The van der Waals surface area contributed by atoms with Crippen LogP contribution < -0.4 is 5.32 Å². The molecule has 3 rings (SSSR count). The number of carboxylic acids is 2. The lowest BCUT2D eigenvalue weighted by atomic mass is 9.96. The summed E-state index contributed by atoms with van der Waals surface area (Å²) in [4.78, 5) is 48.4. The molecule has 1 aromatic heterocycles. The summed E-state index contributed by atoms with van der Waals surface area (Å²) in [6.07, 6.45) is -0.141. The zero-order chi connectivity index (χ0) is 18.5. The molecule has 2 amide bonds. The summed E-state index contributed by atoms with van der Waals surface area (Å²) in [7, 11) is 0. The van der Waals surface area contributed by atoms with Crippen LogP contribution in [0.15, 0.2) is 11.4 Å². The highest BCUT2D eigenvalue weighted by Gasteiger charge is 2.64. The Bertz CT molecular complexity index is 774. The molecule has 2 unspecified atom stereocenters. The van der Waals surface area contributed by atoms with Gasteiger partial charge >= 0.3 is 11.9 Å². The van der Waals surface area contributed by atoms with Crippen molar-refractivity contribution in [3.63, 3.8) is 0 Å². The first-order valence-electron chi connectivity index (χ1n) is 7.45. The van der Waals surface area contributed by atoms with Gasteiger partial charge in [0.05, 0.1) is 6.42 Å². The standard InChI is InChI=1S/C15H16N2O6S2/c1-15(2)10(14(22)23)17-11(19)8(12(17)25-15)16-7(18)5-6-3-4-24-9(6)13(20)21/h3-4,8,10,12H,5H2,1-2H3,(H,16,18)(H,20,21)(H,22,23)/t8?,10?,12-/m0/s1. The molecule has 2 aliphatic heterocycles. The zero-order valence-electron chi connectivity index (χ0n) is 13.4. The Morgan fingerprint density at radius 2 is 2.00 bits per heavy atom. The Kier molecular flexibility index (Phi) is 4.28. The van der Waals surface area contributed by atoms with Gasteiger partial charge in [-0.05, 0) is 30.9 Å². The van der Waals surface area contributed by atoms with Gasteiger partial charge in [-0.2, -0.15) is 0 Å². The molecule has 2 fully saturated rings. The molecule has 3 heterocycles. The summed E-state index contributed by atoms with van der Waals surface area (Å²) < 4.78 is -0.657. The highest BCUT2D eigenvalue weighted by molar-refractivity contribution is 8.01. The molecule has 0 radical (unpaired) electrons. The first kappa shape index (κ1) is 17.7. The maximum Gasteiger partial charge on any atom is 0.346 e. The van der Waals surface area contributed by atoms with E-state index in [4.69, 9.17) is 5.11 Å². The average Bonchev–Trinajstić information content (AvgIpc) is 3.05. The van der Waals surface area contributed by atoms with Gasteiger partial charge in [-0.25, -0.2) is 9.59 Å². The quantitative estimate of drug-likeness (QED) is 0.636. The minimum Gasteiger partial charge on any atom is -0.480 e. The Hall–Kier alpha value is -2.07. The van der Waals surface area contributed by atoms with E-state index < -0.39 is 46.0 Å². The number of thioether (sulfide) groups is 1. The van der Waals surface area contributed by atoms with E-state index in [1.165, 1.54) is 16.7 Å². The fraction of sp³-hybridized carbons (Fsp3) is 0.467. The highest BCUT2D eigenvalue weighted by atomic mass is 32.2. The van der Waals surface area contributed by atoms with E-state index in [1.807, 2.05) is 0 Å². The van der Waals surface area contributed by atoms with Gasteiger partial charge in [0, 0.05) is 4.75 Å². The molecule has 8 nitrogen and oxygen atoms in total. The van der Waals surface area contributed by atoms with Gasteiger partial charge in [-0.15, -0.1) is 23.1 Å². The molecule has 1 aromatic rings. The van der Waals surface area contributed by atoms with Crippen molar-refractivity contribution < 1.29 is 29.4 Å². The third-order valence-electron chi connectivity index (χ3n) is 4.28. The molecule has 0 saturated carbocycles. The minimum atomic E-state index is -1.10. The summed E-state index contributed by atoms with van der Waals surface area (Å²) in [5.41, 5.74) is 0.390. The van der Waals surface area contributed by atoms with Crippen molar-refractivity contribution in [2.75, 3.05) is 0 Å². The number of carboxylic acid groups (broad SMARTS) is 2. The van der Waals surface area contributed by atoms with E-state index in [2.05, 4.69) is 5.32 Å². The number of carbonyl (C=O) groups is 4. The predicted molar refractivity (Wildman–Crippen MR) is 90.6 cm³/mol. The molecule has 0 aromatic carbocycles. The van der Waals surface area contributed by atoms with Crippen LogP contribution in [-0.2, 0) is 20.8 Å². The number of rotatable bonds is 5. The van der Waals surface area contributed by atoms with Crippen molar-refractivity contribution in [3.05, 3.63) is 21.9 Å². The second-order valence-corrected chi connectivity index (χ2v) is 9.09. The van der Waals surface area contributed by atoms with Crippen LogP contribution in [0.2, 0.25) is 0 Å². The van der Waals surface area contributed by atoms with Gasteiger partial charge in [0.25, 0.3) is 0 Å². The Labute approximate surface area is 151 Å². The number of aliphatic carboxylic acids is 1. The van der Waals surface area contributed by atoms with Crippen molar-refractivity contribution in [3.8, 4) is 0 Å². The molecule has 3 atom stereocenters. The van der Waals surface area contributed by atoms with Crippen LogP contribution in [0.4, 0.5) is 0 Å². The fourth-order valence-corrected chi connectivity index (χ4v) is 5.59. The van der Waals surface area contributed by atoms with Crippen molar-refractivity contribution in [1.82, 2.24) is 10.2 Å². The second kappa shape index (κ2) is 6.03. The van der Waals surface area contributed by atoms with E-state index in [1.54, 1.807) is 25.3 Å². The number of β-lactam (4-membered cyclic amide) rings is 1. The number of hydrogen-bond donors (Lipinski definition) is 3. The van der Waals surface area contributed by atoms with Gasteiger partial charge < -0.3 is 20.4 Å². The number of nitrogens with one attached hydrogen (secondary N) is 1. The summed E-state index contributed by atoms with van der Waals surface area (Å²) in [5, 5.41) is 22.2. The Balaban J connectivity index is 1.68. The molecule has 25 heavy (non-hydrogen) atoms. The van der Waals surface area contributed by atoms with E-state index in [0.717, 1.165) is 11.3 Å². The van der Waals surface area contributed by atoms with Crippen LogP contribution >= 0.6 is 23.1 Å². The first-order valence-corrected chi connectivity index (χ1v) is 9.21. The fourth-order valence-electron chi connectivity index (χ4n) is 3.21. The molecule has 0 spiro atoms. The number of thiophene rings is 1. The highest BCUT2D eigenvalue weighted by Crippen LogP contribution is 2.50. The van der Waals surface area contributed by atoms with Gasteiger partial charge in [0.2, 0.25) is 11.8 Å². The second-order valence-electron chi connectivity index (χ2n) is 6.40. The summed E-state index contributed by atoms with van der Waals surface area (Å²) in [6, 6.07) is -0.150. The number of amides is 2. The number of carbonyl (C=O) groups excluding carboxylic acids is 2. The summed E-state index contributed by atoms with van der Waals surface area (Å²) in [5.74, 6) is -3.05. The van der Waals surface area contributed by atoms with Gasteiger partial charge in [0.15, 0.2) is 0 Å². The maximum atomic E-state index is 12.3. The smallest absolute Gasteiger partial charge is 0.346 e.